The van der Waals surface area contributed by atoms with Gasteiger partial charge in [-0.15, -0.1) is 0 Å². The van der Waals surface area contributed by atoms with Gasteiger partial charge in [-0.25, -0.2) is 4.39 Å². The van der Waals surface area contributed by atoms with Crippen molar-refractivity contribution in [3.63, 3.8) is 0 Å². The first-order valence-corrected chi connectivity index (χ1v) is 10.4. The average Bonchev–Trinajstić information content (AvgIpc) is 3.47. The Morgan fingerprint density at radius 3 is 2.44 bits per heavy atom. The predicted octanol–water partition coefficient (Wildman–Crippen LogP) is 2.98. The molecule has 0 spiro atoms. The number of anilines is 1. The molecule has 1 saturated carbocycles. The highest BCUT2D eigenvalue weighted by atomic mass is 19.1. The van der Waals surface area contributed by atoms with E-state index in [1.54, 1.807) is 30.3 Å². The molecular formula is C24H20FN3O4. The quantitative estimate of drug-likeness (QED) is 0.431. The van der Waals surface area contributed by atoms with Crippen LogP contribution in [0.5, 0.6) is 5.75 Å². The van der Waals surface area contributed by atoms with Crippen LogP contribution in [0, 0.1) is 29.5 Å². The molecule has 2 aromatic carbocycles. The maximum Gasteiger partial charge on any atom is 0.262 e. The number of amides is 3. The van der Waals surface area contributed by atoms with Gasteiger partial charge in [-0.1, -0.05) is 36.4 Å². The zero-order chi connectivity index (χ0) is 22.2. The van der Waals surface area contributed by atoms with Crippen LogP contribution in [-0.4, -0.2) is 35.6 Å². The lowest BCUT2D eigenvalue weighted by atomic mass is 9.85. The number of imide groups is 1. The molecule has 2 aliphatic carbocycles. The molecule has 3 aliphatic rings. The molecule has 2 aromatic rings. The molecule has 1 saturated heterocycles. The predicted molar refractivity (Wildman–Crippen MR) is 114 cm³/mol. The topological polar surface area (TPSA) is 88.1 Å². The molecule has 162 valence electrons. The van der Waals surface area contributed by atoms with Crippen LogP contribution in [0.25, 0.3) is 0 Å². The van der Waals surface area contributed by atoms with E-state index in [9.17, 15) is 18.8 Å². The Hall–Kier alpha value is -3.81. The second-order valence-electron chi connectivity index (χ2n) is 8.09. The summed E-state index contributed by atoms with van der Waals surface area (Å²) in [5.41, 5.74) is 0.570. The summed E-state index contributed by atoms with van der Waals surface area (Å²) in [4.78, 5) is 37.6. The zero-order valence-corrected chi connectivity index (χ0v) is 17.0. The fourth-order valence-corrected chi connectivity index (χ4v) is 4.73. The highest BCUT2D eigenvalue weighted by Gasteiger charge is 2.59. The number of nitrogens with one attached hydrogen (secondary N) is 1. The third-order valence-corrected chi connectivity index (χ3v) is 6.19. The van der Waals surface area contributed by atoms with E-state index in [4.69, 9.17) is 4.74 Å². The first-order valence-electron chi connectivity index (χ1n) is 10.4. The molecule has 32 heavy (non-hydrogen) atoms. The number of ether oxygens (including phenoxy) is 1. The minimum absolute atomic E-state index is 0.0658. The number of fused-ring (bicyclic) bond motifs is 5. The van der Waals surface area contributed by atoms with E-state index in [2.05, 4.69) is 10.4 Å². The number of allylic oxidation sites excluding steroid dienone is 2. The van der Waals surface area contributed by atoms with Gasteiger partial charge in [-0.2, -0.15) is 10.1 Å². The standard InChI is InChI=1S/C24H20FN3O4/c25-17-6-2-3-7-18(17)27-20(29)13-32-19-8-4-1-5-16(19)12-26-28-23(30)21-14-9-10-15(11-14)22(21)24(28)31/h1-10,12,14-15,21-22H,11,13H2,(H,27,29)/t14-,15-,21-,22+/m0/s1. The van der Waals surface area contributed by atoms with Crippen molar-refractivity contribution in [1.29, 1.82) is 0 Å². The highest BCUT2D eigenvalue weighted by molar-refractivity contribution is 6.07. The molecule has 2 bridgehead atoms. The molecule has 0 unspecified atom stereocenters. The van der Waals surface area contributed by atoms with Gasteiger partial charge < -0.3 is 10.1 Å². The second kappa shape index (κ2) is 8.03. The van der Waals surface area contributed by atoms with Crippen molar-refractivity contribution < 1.29 is 23.5 Å². The third kappa shape index (κ3) is 3.47. The minimum atomic E-state index is -0.540. The summed E-state index contributed by atoms with van der Waals surface area (Å²) in [7, 11) is 0. The summed E-state index contributed by atoms with van der Waals surface area (Å²) in [6.45, 7) is -0.347. The summed E-state index contributed by atoms with van der Waals surface area (Å²) < 4.78 is 19.3. The van der Waals surface area contributed by atoms with E-state index in [1.165, 1.54) is 24.4 Å². The van der Waals surface area contributed by atoms with Crippen LogP contribution < -0.4 is 10.1 Å². The van der Waals surface area contributed by atoms with Crippen molar-refractivity contribution in [2.24, 2.45) is 28.8 Å². The van der Waals surface area contributed by atoms with E-state index >= 15 is 0 Å². The number of para-hydroxylation sites is 2. The van der Waals surface area contributed by atoms with Gasteiger partial charge in [0.05, 0.1) is 23.7 Å². The van der Waals surface area contributed by atoms with Crippen molar-refractivity contribution in [2.75, 3.05) is 11.9 Å². The first-order chi connectivity index (χ1) is 15.5. The number of benzene rings is 2. The lowest BCUT2D eigenvalue weighted by Gasteiger charge is -2.13. The van der Waals surface area contributed by atoms with Gasteiger partial charge in [-0.3, -0.25) is 14.4 Å². The van der Waals surface area contributed by atoms with Gasteiger partial charge in [0.1, 0.15) is 11.6 Å². The van der Waals surface area contributed by atoms with E-state index in [0.717, 1.165) is 11.4 Å². The molecule has 2 fully saturated rings. The van der Waals surface area contributed by atoms with Crippen LogP contribution in [0.2, 0.25) is 0 Å². The number of hydrogen-bond acceptors (Lipinski definition) is 5. The molecule has 1 heterocycles. The Balaban J connectivity index is 1.26. The van der Waals surface area contributed by atoms with Crippen LogP contribution >= 0.6 is 0 Å². The molecule has 8 heteroatoms. The number of hydrogen-bond donors (Lipinski definition) is 1. The zero-order valence-electron chi connectivity index (χ0n) is 17.0. The largest absolute Gasteiger partial charge is 0.483 e. The van der Waals surface area contributed by atoms with Gasteiger partial charge in [0.25, 0.3) is 17.7 Å². The number of halogens is 1. The Kier molecular flexibility index (Phi) is 5.05. The minimum Gasteiger partial charge on any atom is -0.483 e. The molecular weight excluding hydrogens is 413 g/mol. The molecule has 7 nitrogen and oxygen atoms in total. The second-order valence-corrected chi connectivity index (χ2v) is 8.09. The normalized spacial score (nSPS) is 25.6. The summed E-state index contributed by atoms with van der Waals surface area (Å²) in [5.74, 6) is -1.65. The van der Waals surface area contributed by atoms with Crippen LogP contribution in [0.15, 0.2) is 65.8 Å². The van der Waals surface area contributed by atoms with Crippen LogP contribution in [0.1, 0.15) is 12.0 Å². The van der Waals surface area contributed by atoms with E-state index in [1.807, 2.05) is 12.2 Å². The third-order valence-electron chi connectivity index (χ3n) is 6.19. The summed E-state index contributed by atoms with van der Waals surface area (Å²) in [6.07, 6.45) is 6.30. The van der Waals surface area contributed by atoms with Crippen LogP contribution in [0.3, 0.4) is 0 Å². The van der Waals surface area contributed by atoms with Gasteiger partial charge in [0.15, 0.2) is 6.61 Å². The number of carbonyl (C=O) groups excluding carboxylic acids is 3. The Labute approximate surface area is 183 Å². The number of carbonyl (C=O) groups is 3. The van der Waals surface area contributed by atoms with Gasteiger partial charge in [0.2, 0.25) is 0 Å². The van der Waals surface area contributed by atoms with Gasteiger partial charge in [-0.05, 0) is 42.5 Å². The van der Waals surface area contributed by atoms with Crippen LogP contribution in [-0.2, 0) is 14.4 Å². The first kappa shape index (κ1) is 20.1. The maximum atomic E-state index is 13.7. The Bertz CT molecular complexity index is 1130. The molecule has 0 radical (unpaired) electrons. The number of rotatable bonds is 6. The fourth-order valence-electron chi connectivity index (χ4n) is 4.73. The van der Waals surface area contributed by atoms with E-state index in [0.29, 0.717) is 11.3 Å². The number of nitrogens with zero attached hydrogens (tertiary/aromatic N) is 2. The summed E-state index contributed by atoms with van der Waals surface area (Å²) in [6, 6.07) is 12.7. The monoisotopic (exact) mass is 433 g/mol. The molecule has 5 rings (SSSR count). The van der Waals surface area contributed by atoms with Crippen molar-refractivity contribution in [3.8, 4) is 5.75 Å². The lowest BCUT2D eigenvalue weighted by molar-refractivity contribution is -0.140. The average molecular weight is 433 g/mol. The van der Waals surface area contributed by atoms with Crippen molar-refractivity contribution in [1.82, 2.24) is 5.01 Å². The smallest absolute Gasteiger partial charge is 0.262 e. The van der Waals surface area contributed by atoms with E-state index in [-0.39, 0.29) is 47.8 Å². The Morgan fingerprint density at radius 1 is 1.06 bits per heavy atom. The molecule has 1 N–H and O–H groups in total. The van der Waals surface area contributed by atoms with Crippen molar-refractivity contribution >= 4 is 29.6 Å². The lowest BCUT2D eigenvalue weighted by Crippen LogP contribution is -2.28. The van der Waals surface area contributed by atoms with Gasteiger partial charge in [0, 0.05) is 5.56 Å². The van der Waals surface area contributed by atoms with E-state index < -0.39 is 11.7 Å². The van der Waals surface area contributed by atoms with Crippen LogP contribution in [0.4, 0.5) is 10.1 Å². The highest BCUT2D eigenvalue weighted by Crippen LogP contribution is 2.52. The fraction of sp³-hybridized carbons (Fsp3) is 0.250. The molecule has 1 aliphatic heterocycles. The molecule has 0 aromatic heterocycles. The van der Waals surface area contributed by atoms with Crippen molar-refractivity contribution in [2.45, 2.75) is 6.42 Å². The maximum absolute atomic E-state index is 13.7. The Morgan fingerprint density at radius 2 is 1.72 bits per heavy atom. The molecule has 4 atom stereocenters. The molecule has 3 amide bonds. The SMILES string of the molecule is O=C(COc1ccccc1C=NN1C(=O)[C@@H]2[C@H](C1=O)[C@H]1C=C[C@H]2C1)Nc1ccccc1F. The summed E-state index contributed by atoms with van der Waals surface area (Å²) >= 11 is 0. The van der Waals surface area contributed by atoms with Crippen molar-refractivity contribution in [3.05, 3.63) is 72.1 Å². The summed E-state index contributed by atoms with van der Waals surface area (Å²) in [5, 5.41) is 7.56. The number of hydrazone groups is 1. The van der Waals surface area contributed by atoms with Gasteiger partial charge >= 0.3 is 0 Å².